The third-order valence-corrected chi connectivity index (χ3v) is 6.06. The summed E-state index contributed by atoms with van der Waals surface area (Å²) in [5.41, 5.74) is 3.10. The Morgan fingerprint density at radius 2 is 2.04 bits per heavy atom. The number of aromatic nitrogens is 2. The SMILES string of the molecule is CCCCn1c(SC(C)C(=O)Nc2ccccc2SC)nc(C)c1C. The van der Waals surface area contributed by atoms with Crippen LogP contribution in [0.5, 0.6) is 0 Å². The Balaban J connectivity index is 2.10. The lowest BCUT2D eigenvalue weighted by atomic mass is 10.3. The first-order valence-electron chi connectivity index (χ1n) is 8.62. The average molecular weight is 378 g/mol. The highest BCUT2D eigenvalue weighted by Gasteiger charge is 2.20. The summed E-state index contributed by atoms with van der Waals surface area (Å²) < 4.78 is 2.24. The zero-order valence-electron chi connectivity index (χ0n) is 15.6. The van der Waals surface area contributed by atoms with Crippen LogP contribution in [0.1, 0.15) is 38.1 Å². The summed E-state index contributed by atoms with van der Waals surface area (Å²) in [5.74, 6) is 0.00634. The van der Waals surface area contributed by atoms with Gasteiger partial charge in [-0.15, -0.1) is 11.8 Å². The fourth-order valence-electron chi connectivity index (χ4n) is 2.49. The zero-order chi connectivity index (χ0) is 18.4. The zero-order valence-corrected chi connectivity index (χ0v) is 17.3. The maximum atomic E-state index is 12.6. The van der Waals surface area contributed by atoms with Crippen LogP contribution >= 0.6 is 23.5 Å². The van der Waals surface area contributed by atoms with E-state index in [1.165, 1.54) is 17.5 Å². The number of aryl methyl sites for hydroxylation is 1. The topological polar surface area (TPSA) is 46.9 Å². The van der Waals surface area contributed by atoms with Gasteiger partial charge in [-0.05, 0) is 45.6 Å². The second-order valence-electron chi connectivity index (χ2n) is 6.02. The van der Waals surface area contributed by atoms with Crippen LogP contribution in [-0.4, -0.2) is 27.0 Å². The van der Waals surface area contributed by atoms with Crippen LogP contribution in [-0.2, 0) is 11.3 Å². The normalized spacial score (nSPS) is 12.2. The molecule has 6 heteroatoms. The molecule has 0 aliphatic rings. The van der Waals surface area contributed by atoms with E-state index in [0.29, 0.717) is 0 Å². The van der Waals surface area contributed by atoms with Gasteiger partial charge in [0.1, 0.15) is 0 Å². The monoisotopic (exact) mass is 377 g/mol. The molecule has 2 rings (SSSR count). The van der Waals surface area contributed by atoms with Crippen molar-refractivity contribution in [1.29, 1.82) is 0 Å². The molecule has 25 heavy (non-hydrogen) atoms. The van der Waals surface area contributed by atoms with Gasteiger partial charge in [-0.1, -0.05) is 37.2 Å². The lowest BCUT2D eigenvalue weighted by molar-refractivity contribution is -0.115. The second kappa shape index (κ2) is 9.34. The minimum atomic E-state index is -0.212. The Bertz CT molecular complexity index is 727. The summed E-state index contributed by atoms with van der Waals surface area (Å²) in [6.07, 6.45) is 4.27. The standard InChI is InChI=1S/C19H27N3OS2/c1-6-7-12-22-14(3)13(2)20-19(22)25-15(4)18(23)21-16-10-8-9-11-17(16)24-5/h8-11,15H,6-7,12H2,1-5H3,(H,21,23). The van der Waals surface area contributed by atoms with Crippen LogP contribution < -0.4 is 5.32 Å². The molecule has 1 aromatic heterocycles. The lowest BCUT2D eigenvalue weighted by Gasteiger charge is -2.15. The molecular formula is C19H27N3OS2. The molecule has 1 N–H and O–H groups in total. The van der Waals surface area contributed by atoms with Gasteiger partial charge in [0, 0.05) is 17.1 Å². The predicted molar refractivity (Wildman–Crippen MR) is 109 cm³/mol. The fraction of sp³-hybridized carbons (Fsp3) is 0.474. The number of carbonyl (C=O) groups is 1. The van der Waals surface area contributed by atoms with E-state index in [9.17, 15) is 4.79 Å². The van der Waals surface area contributed by atoms with E-state index in [4.69, 9.17) is 0 Å². The molecule has 136 valence electrons. The van der Waals surface area contributed by atoms with Crippen LogP contribution in [0, 0.1) is 13.8 Å². The summed E-state index contributed by atoms with van der Waals surface area (Å²) >= 11 is 3.16. The van der Waals surface area contributed by atoms with Crippen molar-refractivity contribution in [3.05, 3.63) is 35.7 Å². The molecule has 0 fully saturated rings. The molecule has 1 unspecified atom stereocenters. The van der Waals surface area contributed by atoms with Crippen molar-refractivity contribution >= 4 is 35.1 Å². The number of carbonyl (C=O) groups excluding carboxylic acids is 1. The molecule has 1 amide bonds. The van der Waals surface area contributed by atoms with E-state index in [0.717, 1.165) is 40.8 Å². The van der Waals surface area contributed by atoms with E-state index in [2.05, 4.69) is 28.7 Å². The van der Waals surface area contributed by atoms with Gasteiger partial charge in [-0.2, -0.15) is 0 Å². The Kier molecular flexibility index (Phi) is 7.44. The third kappa shape index (κ3) is 5.05. The van der Waals surface area contributed by atoms with Gasteiger partial charge in [0.25, 0.3) is 0 Å². The van der Waals surface area contributed by atoms with E-state index < -0.39 is 0 Å². The van der Waals surface area contributed by atoms with Crippen LogP contribution in [0.15, 0.2) is 34.3 Å². The van der Waals surface area contributed by atoms with Crippen molar-refractivity contribution < 1.29 is 4.79 Å². The molecule has 0 radical (unpaired) electrons. The molecule has 0 aliphatic carbocycles. The lowest BCUT2D eigenvalue weighted by Crippen LogP contribution is -2.23. The molecule has 0 saturated carbocycles. The van der Waals surface area contributed by atoms with Crippen LogP contribution in [0.3, 0.4) is 0 Å². The number of nitrogens with zero attached hydrogens (tertiary/aromatic N) is 2. The number of imidazole rings is 1. The predicted octanol–water partition coefficient (Wildman–Crippen LogP) is 5.14. The first-order chi connectivity index (χ1) is 12.0. The molecule has 0 saturated heterocycles. The van der Waals surface area contributed by atoms with Crippen LogP contribution in [0.4, 0.5) is 5.69 Å². The summed E-state index contributed by atoms with van der Waals surface area (Å²) in [6.45, 7) is 9.20. The van der Waals surface area contributed by atoms with Crippen molar-refractivity contribution in [2.75, 3.05) is 11.6 Å². The quantitative estimate of drug-likeness (QED) is 0.647. The number of amides is 1. The number of nitrogens with one attached hydrogen (secondary N) is 1. The molecule has 2 aromatic rings. The van der Waals surface area contributed by atoms with Crippen molar-refractivity contribution in [3.63, 3.8) is 0 Å². The van der Waals surface area contributed by atoms with E-state index in [-0.39, 0.29) is 11.2 Å². The summed E-state index contributed by atoms with van der Waals surface area (Å²) in [4.78, 5) is 18.4. The van der Waals surface area contributed by atoms with E-state index in [1.807, 2.05) is 44.4 Å². The number of benzene rings is 1. The number of thioether (sulfide) groups is 2. The maximum absolute atomic E-state index is 12.6. The Labute approximate surface area is 159 Å². The van der Waals surface area contributed by atoms with E-state index >= 15 is 0 Å². The Hall–Kier alpha value is -1.40. The second-order valence-corrected chi connectivity index (χ2v) is 8.18. The van der Waals surface area contributed by atoms with Gasteiger partial charge in [0.2, 0.25) is 5.91 Å². The number of rotatable bonds is 8. The van der Waals surface area contributed by atoms with Crippen molar-refractivity contribution in [1.82, 2.24) is 9.55 Å². The highest BCUT2D eigenvalue weighted by atomic mass is 32.2. The van der Waals surface area contributed by atoms with Gasteiger partial charge in [0.05, 0.1) is 16.6 Å². The van der Waals surface area contributed by atoms with Gasteiger partial charge in [-0.25, -0.2) is 4.98 Å². The number of anilines is 1. The van der Waals surface area contributed by atoms with Crippen LogP contribution in [0.2, 0.25) is 0 Å². The van der Waals surface area contributed by atoms with Gasteiger partial charge in [-0.3, -0.25) is 4.79 Å². The Morgan fingerprint density at radius 1 is 1.32 bits per heavy atom. The minimum Gasteiger partial charge on any atom is -0.324 e. The minimum absolute atomic E-state index is 0.00634. The molecule has 1 heterocycles. The molecule has 0 bridgehead atoms. The van der Waals surface area contributed by atoms with Crippen LogP contribution in [0.25, 0.3) is 0 Å². The first-order valence-corrected chi connectivity index (χ1v) is 10.7. The maximum Gasteiger partial charge on any atom is 0.237 e. The van der Waals surface area contributed by atoms with E-state index in [1.54, 1.807) is 11.8 Å². The summed E-state index contributed by atoms with van der Waals surface area (Å²) in [5, 5.41) is 3.77. The summed E-state index contributed by atoms with van der Waals surface area (Å²) in [7, 11) is 0. The third-order valence-electron chi connectivity index (χ3n) is 4.17. The number of para-hydroxylation sites is 1. The molecule has 4 nitrogen and oxygen atoms in total. The summed E-state index contributed by atoms with van der Waals surface area (Å²) in [6, 6.07) is 7.88. The molecular weight excluding hydrogens is 350 g/mol. The average Bonchev–Trinajstić information content (AvgIpc) is 2.87. The van der Waals surface area contributed by atoms with Gasteiger partial charge < -0.3 is 9.88 Å². The molecule has 0 spiro atoms. The number of unbranched alkanes of at least 4 members (excludes halogenated alkanes) is 1. The highest BCUT2D eigenvalue weighted by molar-refractivity contribution is 8.00. The fourth-order valence-corrected chi connectivity index (χ4v) is 4.07. The van der Waals surface area contributed by atoms with Gasteiger partial charge >= 0.3 is 0 Å². The number of hydrogen-bond donors (Lipinski definition) is 1. The largest absolute Gasteiger partial charge is 0.324 e. The molecule has 0 aliphatic heterocycles. The van der Waals surface area contributed by atoms with Crippen molar-refractivity contribution in [2.45, 2.75) is 62.4 Å². The Morgan fingerprint density at radius 3 is 2.72 bits per heavy atom. The first kappa shape index (κ1) is 19.9. The van der Waals surface area contributed by atoms with Gasteiger partial charge in [0.15, 0.2) is 5.16 Å². The molecule has 1 atom stereocenters. The van der Waals surface area contributed by atoms with Crippen molar-refractivity contribution in [3.8, 4) is 0 Å². The smallest absolute Gasteiger partial charge is 0.237 e. The highest BCUT2D eigenvalue weighted by Crippen LogP contribution is 2.28. The number of hydrogen-bond acceptors (Lipinski definition) is 4. The van der Waals surface area contributed by atoms with Crippen molar-refractivity contribution in [2.24, 2.45) is 0 Å². The molecule has 1 aromatic carbocycles.